The molecule has 2 aliphatic rings. The molecule has 300 valence electrons. The second-order valence-corrected chi connectivity index (χ2v) is 17.0. The number of nitrogens with two attached hydrogens (primary N) is 1. The number of hydrogen-bond donors (Lipinski definition) is 2. The average molecular weight is 823 g/mol. The van der Waals surface area contributed by atoms with E-state index in [1.54, 1.807) is 22.7 Å². The molecule has 2 aliphatic carbocycles. The van der Waals surface area contributed by atoms with Crippen LogP contribution in [0.5, 0.6) is 11.5 Å². The maximum atomic E-state index is 11.5. The number of thiazole rings is 2. The quantitative estimate of drug-likeness (QED) is 0.121. The molecule has 3 N–H and O–H groups in total. The lowest BCUT2D eigenvalue weighted by atomic mass is 10.0. The first-order valence-corrected chi connectivity index (χ1v) is 21.3. The largest absolute Gasteiger partial charge is 0.490 e. The Morgan fingerprint density at radius 3 is 1.80 bits per heavy atom. The molecule has 10 nitrogen and oxygen atoms in total. The highest BCUT2D eigenvalue weighted by molar-refractivity contribution is 7.18. The zero-order valence-corrected chi connectivity index (χ0v) is 35.4. The fraction of sp³-hybridized carbons (Fsp3) is 0.298. The molecule has 0 saturated carbocycles. The van der Waals surface area contributed by atoms with Crippen molar-refractivity contribution in [2.75, 3.05) is 13.7 Å². The fourth-order valence-corrected chi connectivity index (χ4v) is 9.50. The lowest BCUT2D eigenvalue weighted by molar-refractivity contribution is -0.139. The van der Waals surface area contributed by atoms with Gasteiger partial charge in [0.05, 0.1) is 46.7 Å². The number of nitriles is 2. The molecule has 2 heterocycles. The molecule has 0 aliphatic heterocycles. The van der Waals surface area contributed by atoms with Crippen LogP contribution < -0.4 is 20.5 Å². The van der Waals surface area contributed by atoms with Crippen molar-refractivity contribution in [3.05, 3.63) is 119 Å². The van der Waals surface area contributed by atoms with Gasteiger partial charge < -0.3 is 25.3 Å². The summed E-state index contributed by atoms with van der Waals surface area (Å²) in [5.74, 6) is 0.945. The second kappa shape index (κ2) is 18.4. The first kappa shape index (κ1) is 41.3. The summed E-state index contributed by atoms with van der Waals surface area (Å²) in [6, 6.07) is 28.7. The van der Waals surface area contributed by atoms with Crippen LogP contribution in [0.2, 0.25) is 0 Å². The van der Waals surface area contributed by atoms with Crippen molar-refractivity contribution in [3.8, 4) is 65.7 Å². The molecule has 4 aromatic carbocycles. The highest BCUT2D eigenvalue weighted by atomic mass is 32.1. The number of carbonyl (C=O) groups excluding carboxylic acids is 1. The van der Waals surface area contributed by atoms with Crippen LogP contribution in [0.3, 0.4) is 0 Å². The minimum Gasteiger partial charge on any atom is -0.490 e. The molecule has 12 heteroatoms. The Labute approximate surface area is 353 Å². The van der Waals surface area contributed by atoms with E-state index in [0.717, 1.165) is 56.6 Å². The standard InChI is InChI=1S/C25H25N3O3S.C22H21N3OS/c1-15(2)31-22-10-7-16(11-17(22)12-26)25-28-13-23(32-25)20-6-4-5-19-18(20)8-9-21(19)27-14-24(29)30-3;1-13(2)26-20-9-6-14(10-15(20)11-23)22-25-12-21(27-22)18-5-3-4-17-16(18)7-8-19(17)24/h4-7,10-11,13,15,21,27H,8-9,14H2,1-3H3;3-6,9-10,12-13,19H,7-8,24H2,1-2H3/t21-;19-/m00/s1. The van der Waals surface area contributed by atoms with Crippen molar-refractivity contribution in [1.82, 2.24) is 15.3 Å². The molecule has 2 atom stereocenters. The van der Waals surface area contributed by atoms with Gasteiger partial charge in [-0.25, -0.2) is 9.97 Å². The van der Waals surface area contributed by atoms with Crippen molar-refractivity contribution < 1.29 is 19.0 Å². The molecular weight excluding hydrogens is 777 g/mol. The minimum atomic E-state index is -0.261. The predicted molar refractivity (Wildman–Crippen MR) is 233 cm³/mol. The van der Waals surface area contributed by atoms with E-state index >= 15 is 0 Å². The van der Waals surface area contributed by atoms with E-state index in [9.17, 15) is 15.3 Å². The lowest BCUT2D eigenvalue weighted by Gasteiger charge is -2.13. The monoisotopic (exact) mass is 822 g/mol. The minimum absolute atomic E-state index is 0.00512. The van der Waals surface area contributed by atoms with E-state index in [4.69, 9.17) is 19.9 Å². The summed E-state index contributed by atoms with van der Waals surface area (Å²) in [6.45, 7) is 7.98. The summed E-state index contributed by atoms with van der Waals surface area (Å²) in [6.07, 6.45) is 7.75. The Morgan fingerprint density at radius 1 is 0.780 bits per heavy atom. The number of rotatable bonds is 11. The summed E-state index contributed by atoms with van der Waals surface area (Å²) in [5.41, 5.74) is 16.6. The van der Waals surface area contributed by atoms with Crippen molar-refractivity contribution in [2.45, 2.75) is 77.7 Å². The summed E-state index contributed by atoms with van der Waals surface area (Å²) < 4.78 is 16.2. The summed E-state index contributed by atoms with van der Waals surface area (Å²) >= 11 is 3.25. The number of benzene rings is 4. The van der Waals surface area contributed by atoms with Crippen LogP contribution in [0.4, 0.5) is 0 Å². The van der Waals surface area contributed by atoms with Crippen molar-refractivity contribution in [1.29, 1.82) is 10.5 Å². The van der Waals surface area contributed by atoms with Gasteiger partial charge in [-0.1, -0.05) is 36.4 Å². The van der Waals surface area contributed by atoms with E-state index in [2.05, 4.69) is 63.8 Å². The number of esters is 1. The van der Waals surface area contributed by atoms with E-state index < -0.39 is 0 Å². The smallest absolute Gasteiger partial charge is 0.319 e. The first-order valence-electron chi connectivity index (χ1n) is 19.7. The number of ether oxygens (including phenoxy) is 3. The molecule has 0 saturated heterocycles. The number of nitrogens with one attached hydrogen (secondary N) is 1. The Hall–Kier alpha value is -5.89. The van der Waals surface area contributed by atoms with Gasteiger partial charge in [-0.3, -0.25) is 4.79 Å². The first-order chi connectivity index (χ1) is 28.6. The highest BCUT2D eigenvalue weighted by Crippen LogP contribution is 2.42. The maximum absolute atomic E-state index is 11.5. The van der Waals surface area contributed by atoms with Gasteiger partial charge in [0.1, 0.15) is 33.7 Å². The Bertz CT molecular complexity index is 2560. The highest BCUT2D eigenvalue weighted by Gasteiger charge is 2.26. The van der Waals surface area contributed by atoms with Crippen molar-refractivity contribution in [3.63, 3.8) is 0 Å². The van der Waals surface area contributed by atoms with Crippen LogP contribution >= 0.6 is 22.7 Å². The summed E-state index contributed by atoms with van der Waals surface area (Å²) in [7, 11) is 1.40. The van der Waals surface area contributed by atoms with Gasteiger partial charge in [0.25, 0.3) is 0 Å². The van der Waals surface area contributed by atoms with Gasteiger partial charge in [0.15, 0.2) is 0 Å². The normalized spacial score (nSPS) is 15.2. The average Bonchev–Trinajstić information content (AvgIpc) is 4.07. The lowest BCUT2D eigenvalue weighted by Crippen LogP contribution is -2.27. The van der Waals surface area contributed by atoms with Gasteiger partial charge in [-0.15, -0.1) is 22.7 Å². The van der Waals surface area contributed by atoms with E-state index in [1.165, 1.54) is 40.5 Å². The summed E-state index contributed by atoms with van der Waals surface area (Å²) in [4.78, 5) is 23.0. The molecular formula is C47H46N6O4S2. The van der Waals surface area contributed by atoms with Gasteiger partial charge in [-0.05, 0) is 123 Å². The molecule has 0 bridgehead atoms. The second-order valence-electron chi connectivity index (χ2n) is 15.0. The number of aromatic nitrogens is 2. The van der Waals surface area contributed by atoms with E-state index in [-0.39, 0.29) is 36.8 Å². The molecule has 0 fully saturated rings. The maximum Gasteiger partial charge on any atom is 0.319 e. The predicted octanol–water partition coefficient (Wildman–Crippen LogP) is 9.97. The molecule has 59 heavy (non-hydrogen) atoms. The van der Waals surface area contributed by atoms with Crippen LogP contribution in [0.1, 0.15) is 86.0 Å². The van der Waals surface area contributed by atoms with E-state index in [1.807, 2.05) is 76.5 Å². The Morgan fingerprint density at radius 2 is 1.29 bits per heavy atom. The number of hydrogen-bond acceptors (Lipinski definition) is 12. The van der Waals surface area contributed by atoms with Crippen molar-refractivity contribution in [2.24, 2.45) is 5.73 Å². The SMILES string of the molecule is CC(C)Oc1ccc(-c2ncc(-c3cccc4c3CC[C@@H]4N)s2)cc1C#N.COC(=O)CN[C@H]1CCc2c(-c3cnc(-c4ccc(OC(C)C)c(C#N)c4)s3)cccc21. The van der Waals surface area contributed by atoms with Gasteiger partial charge in [0.2, 0.25) is 0 Å². The topological polar surface area (TPSA) is 156 Å². The molecule has 0 radical (unpaired) electrons. The molecule has 2 aromatic heterocycles. The van der Waals surface area contributed by atoms with Crippen LogP contribution in [0.15, 0.2) is 85.2 Å². The fourth-order valence-electron chi connectivity index (χ4n) is 7.57. The van der Waals surface area contributed by atoms with Gasteiger partial charge >= 0.3 is 5.97 Å². The zero-order valence-electron chi connectivity index (χ0n) is 33.7. The molecule has 0 spiro atoms. The third-order valence-electron chi connectivity index (χ3n) is 10.3. The number of nitrogens with zero attached hydrogens (tertiary/aromatic N) is 4. The number of carbonyl (C=O) groups is 1. The third kappa shape index (κ3) is 9.22. The third-order valence-corrected chi connectivity index (χ3v) is 12.4. The molecule has 0 amide bonds. The van der Waals surface area contributed by atoms with Crippen LogP contribution in [0, 0.1) is 22.7 Å². The van der Waals surface area contributed by atoms with Crippen LogP contribution in [-0.2, 0) is 22.4 Å². The van der Waals surface area contributed by atoms with Gasteiger partial charge in [-0.2, -0.15) is 10.5 Å². The van der Waals surface area contributed by atoms with Crippen LogP contribution in [0.25, 0.3) is 42.0 Å². The molecule has 0 unspecified atom stereocenters. The Balaban J connectivity index is 0.000000181. The number of methoxy groups -OCH3 is 1. The summed E-state index contributed by atoms with van der Waals surface area (Å²) in [5, 5.41) is 24.1. The Kier molecular flexibility index (Phi) is 12.8. The van der Waals surface area contributed by atoms with Crippen molar-refractivity contribution >= 4 is 28.6 Å². The van der Waals surface area contributed by atoms with E-state index in [0.29, 0.717) is 22.6 Å². The molecule has 8 rings (SSSR count). The zero-order chi connectivity index (χ0) is 41.6. The van der Waals surface area contributed by atoms with Gasteiger partial charge in [0, 0.05) is 35.6 Å². The van der Waals surface area contributed by atoms with Crippen LogP contribution in [-0.4, -0.2) is 41.8 Å². The molecule has 6 aromatic rings. The number of fused-ring (bicyclic) bond motifs is 2.